The molecule has 23 heavy (non-hydrogen) atoms. The van der Waals surface area contributed by atoms with Gasteiger partial charge in [0.15, 0.2) is 0 Å². The topological polar surface area (TPSA) is 43.9 Å². The molecule has 2 amide bonds. The highest BCUT2D eigenvalue weighted by Gasteiger charge is 2.26. The third-order valence-corrected chi connectivity index (χ3v) is 4.52. The minimum atomic E-state index is -0.157. The first-order valence-corrected chi connectivity index (χ1v) is 8.27. The molecule has 1 unspecified atom stereocenters. The molecular formula is C18H27N3O2. The smallest absolute Gasteiger partial charge is 0.239 e. The Morgan fingerprint density at radius 3 is 2.48 bits per heavy atom. The Morgan fingerprint density at radius 1 is 1.13 bits per heavy atom. The molecule has 5 nitrogen and oxygen atoms in total. The third-order valence-electron chi connectivity index (χ3n) is 4.52. The van der Waals surface area contributed by atoms with E-state index in [1.807, 2.05) is 49.2 Å². The molecule has 126 valence electrons. The van der Waals surface area contributed by atoms with E-state index in [-0.39, 0.29) is 17.9 Å². The number of rotatable bonds is 4. The average molecular weight is 317 g/mol. The lowest BCUT2D eigenvalue weighted by atomic mass is 10.2. The molecule has 1 fully saturated rings. The molecule has 5 heteroatoms. The van der Waals surface area contributed by atoms with Crippen molar-refractivity contribution in [3.8, 4) is 0 Å². The van der Waals surface area contributed by atoms with Gasteiger partial charge in [-0.2, -0.15) is 0 Å². The van der Waals surface area contributed by atoms with Gasteiger partial charge in [0.1, 0.15) is 0 Å². The van der Waals surface area contributed by atoms with Crippen LogP contribution in [0.4, 0.5) is 0 Å². The van der Waals surface area contributed by atoms with Crippen molar-refractivity contribution in [2.24, 2.45) is 0 Å². The summed E-state index contributed by atoms with van der Waals surface area (Å²) >= 11 is 0. The number of hydrogen-bond donors (Lipinski definition) is 0. The highest BCUT2D eigenvalue weighted by atomic mass is 16.2. The van der Waals surface area contributed by atoms with E-state index in [1.54, 1.807) is 11.8 Å². The zero-order chi connectivity index (χ0) is 16.8. The van der Waals surface area contributed by atoms with Crippen molar-refractivity contribution in [2.45, 2.75) is 32.9 Å². The fourth-order valence-corrected chi connectivity index (χ4v) is 3.05. The highest BCUT2D eigenvalue weighted by Crippen LogP contribution is 2.11. The second-order valence-electron chi connectivity index (χ2n) is 6.25. The second-order valence-corrected chi connectivity index (χ2v) is 6.25. The maximum absolute atomic E-state index is 12.7. The van der Waals surface area contributed by atoms with Crippen LogP contribution < -0.4 is 0 Å². The SMILES string of the molecule is CC(=O)N1CCCN(C(C)C(=O)N(C)Cc2ccccc2)CC1. The predicted octanol–water partition coefficient (Wildman–Crippen LogP) is 1.59. The fourth-order valence-electron chi connectivity index (χ4n) is 3.05. The van der Waals surface area contributed by atoms with E-state index < -0.39 is 0 Å². The summed E-state index contributed by atoms with van der Waals surface area (Å²) in [6.45, 7) is 7.30. The van der Waals surface area contributed by atoms with Crippen molar-refractivity contribution in [3.63, 3.8) is 0 Å². The van der Waals surface area contributed by atoms with Crippen LogP contribution in [-0.4, -0.2) is 65.8 Å². The van der Waals surface area contributed by atoms with Gasteiger partial charge in [-0.3, -0.25) is 14.5 Å². The molecule has 0 spiro atoms. The van der Waals surface area contributed by atoms with Crippen molar-refractivity contribution >= 4 is 11.8 Å². The van der Waals surface area contributed by atoms with Gasteiger partial charge in [0, 0.05) is 46.7 Å². The standard InChI is InChI=1S/C18H27N3O2/c1-15(20-10-7-11-21(13-12-20)16(2)22)18(23)19(3)14-17-8-5-4-6-9-17/h4-6,8-9,15H,7,10-14H2,1-3H3. The Kier molecular flexibility index (Phi) is 6.16. The van der Waals surface area contributed by atoms with Gasteiger partial charge in [-0.1, -0.05) is 30.3 Å². The maximum Gasteiger partial charge on any atom is 0.239 e. The number of benzene rings is 1. The minimum Gasteiger partial charge on any atom is -0.342 e. The molecule has 1 heterocycles. The molecular weight excluding hydrogens is 290 g/mol. The number of likely N-dealkylation sites (N-methyl/N-ethyl adjacent to an activating group) is 1. The van der Waals surface area contributed by atoms with Crippen LogP contribution >= 0.6 is 0 Å². The van der Waals surface area contributed by atoms with Crippen molar-refractivity contribution in [3.05, 3.63) is 35.9 Å². The Hall–Kier alpha value is -1.88. The molecule has 0 aromatic heterocycles. The fraction of sp³-hybridized carbons (Fsp3) is 0.556. The van der Waals surface area contributed by atoms with Gasteiger partial charge >= 0.3 is 0 Å². The van der Waals surface area contributed by atoms with E-state index in [0.717, 1.165) is 31.6 Å². The number of nitrogens with zero attached hydrogens (tertiary/aromatic N) is 3. The Morgan fingerprint density at radius 2 is 1.83 bits per heavy atom. The van der Waals surface area contributed by atoms with Gasteiger partial charge in [0.25, 0.3) is 0 Å². The van der Waals surface area contributed by atoms with Crippen molar-refractivity contribution in [1.82, 2.24) is 14.7 Å². The van der Waals surface area contributed by atoms with Crippen LogP contribution in [0.3, 0.4) is 0 Å². The molecule has 1 saturated heterocycles. The van der Waals surface area contributed by atoms with Gasteiger partial charge in [-0.15, -0.1) is 0 Å². The lowest BCUT2D eigenvalue weighted by Gasteiger charge is -2.30. The number of hydrogen-bond acceptors (Lipinski definition) is 3. The van der Waals surface area contributed by atoms with Crippen LogP contribution in [0, 0.1) is 0 Å². The summed E-state index contributed by atoms with van der Waals surface area (Å²) in [5, 5.41) is 0. The van der Waals surface area contributed by atoms with E-state index in [1.165, 1.54) is 0 Å². The predicted molar refractivity (Wildman–Crippen MR) is 90.8 cm³/mol. The van der Waals surface area contributed by atoms with Crippen LogP contribution in [0.2, 0.25) is 0 Å². The van der Waals surface area contributed by atoms with Gasteiger partial charge in [-0.05, 0) is 18.9 Å². The van der Waals surface area contributed by atoms with Crippen molar-refractivity contribution < 1.29 is 9.59 Å². The third kappa shape index (κ3) is 4.79. The number of carbonyl (C=O) groups excluding carboxylic acids is 2. The lowest BCUT2D eigenvalue weighted by Crippen LogP contribution is -2.47. The quantitative estimate of drug-likeness (QED) is 0.847. The number of amides is 2. The van der Waals surface area contributed by atoms with Crippen molar-refractivity contribution in [2.75, 3.05) is 33.2 Å². The van der Waals surface area contributed by atoms with Gasteiger partial charge in [-0.25, -0.2) is 0 Å². The molecule has 0 bridgehead atoms. The second kappa shape index (κ2) is 8.11. The summed E-state index contributed by atoms with van der Waals surface area (Å²) in [6, 6.07) is 9.86. The van der Waals surface area contributed by atoms with Crippen LogP contribution in [0.1, 0.15) is 25.8 Å². The molecule has 2 rings (SSSR count). The number of carbonyl (C=O) groups is 2. The summed E-state index contributed by atoms with van der Waals surface area (Å²) in [5.74, 6) is 0.247. The first-order chi connectivity index (χ1) is 11.0. The van der Waals surface area contributed by atoms with Crippen LogP contribution in [-0.2, 0) is 16.1 Å². The van der Waals surface area contributed by atoms with Gasteiger partial charge in [0.05, 0.1) is 6.04 Å². The Bertz CT molecular complexity index is 532. The molecule has 0 aliphatic carbocycles. The minimum absolute atomic E-state index is 0.118. The van der Waals surface area contributed by atoms with E-state index in [2.05, 4.69) is 4.90 Å². The van der Waals surface area contributed by atoms with Gasteiger partial charge < -0.3 is 9.80 Å². The van der Waals surface area contributed by atoms with E-state index in [4.69, 9.17) is 0 Å². The zero-order valence-electron chi connectivity index (χ0n) is 14.4. The zero-order valence-corrected chi connectivity index (χ0v) is 14.4. The summed E-state index contributed by atoms with van der Waals surface area (Å²) in [5.41, 5.74) is 1.13. The molecule has 0 saturated carbocycles. The van der Waals surface area contributed by atoms with Crippen LogP contribution in [0.25, 0.3) is 0 Å². The summed E-state index contributed by atoms with van der Waals surface area (Å²) < 4.78 is 0. The summed E-state index contributed by atoms with van der Waals surface area (Å²) in [6.07, 6.45) is 0.916. The lowest BCUT2D eigenvalue weighted by molar-refractivity contribution is -0.135. The molecule has 1 aromatic rings. The molecule has 1 aromatic carbocycles. The van der Waals surface area contributed by atoms with Crippen molar-refractivity contribution in [1.29, 1.82) is 0 Å². The summed E-state index contributed by atoms with van der Waals surface area (Å²) in [7, 11) is 1.85. The highest BCUT2D eigenvalue weighted by molar-refractivity contribution is 5.81. The molecule has 1 atom stereocenters. The molecule has 0 N–H and O–H groups in total. The van der Waals surface area contributed by atoms with E-state index in [0.29, 0.717) is 13.1 Å². The normalized spacial score (nSPS) is 17.4. The van der Waals surface area contributed by atoms with Gasteiger partial charge in [0.2, 0.25) is 11.8 Å². The first-order valence-electron chi connectivity index (χ1n) is 8.27. The Labute approximate surface area is 138 Å². The largest absolute Gasteiger partial charge is 0.342 e. The molecule has 1 aliphatic heterocycles. The summed E-state index contributed by atoms with van der Waals surface area (Å²) in [4.78, 5) is 30.0. The first kappa shape index (κ1) is 17.5. The average Bonchev–Trinajstić information content (AvgIpc) is 2.80. The Balaban J connectivity index is 1.92. The molecule has 1 aliphatic rings. The maximum atomic E-state index is 12.7. The van der Waals surface area contributed by atoms with Crippen LogP contribution in [0.15, 0.2) is 30.3 Å². The molecule has 0 radical (unpaired) electrons. The monoisotopic (exact) mass is 317 g/mol. The van der Waals surface area contributed by atoms with E-state index in [9.17, 15) is 9.59 Å². The van der Waals surface area contributed by atoms with Crippen LogP contribution in [0.5, 0.6) is 0 Å². The van der Waals surface area contributed by atoms with E-state index >= 15 is 0 Å².